The third-order valence-corrected chi connectivity index (χ3v) is 2.47. The molecule has 1 heterocycles. The lowest BCUT2D eigenvalue weighted by atomic mass is 10.3. The molecule has 1 aliphatic rings. The second kappa shape index (κ2) is 2.79. The highest BCUT2D eigenvalue weighted by molar-refractivity contribution is 8.00. The number of fused-ring (bicyclic) bond motifs is 1. The Morgan fingerprint density at radius 1 is 1.42 bits per heavy atom. The fraction of sp³-hybridized carbons (Fsp3) is 0.125. The number of alkyl halides is 1. The Balaban J connectivity index is 2.40. The van der Waals surface area contributed by atoms with Crippen molar-refractivity contribution in [2.24, 2.45) is 0 Å². The lowest BCUT2D eigenvalue weighted by molar-refractivity contribution is -0.137. The van der Waals surface area contributed by atoms with Crippen LogP contribution in [0, 0.1) is 0 Å². The molecular formula is C8H5FO2S. The van der Waals surface area contributed by atoms with Gasteiger partial charge in [0.25, 0.3) is 0 Å². The molecule has 1 atom stereocenters. The van der Waals surface area contributed by atoms with E-state index >= 15 is 0 Å². The van der Waals surface area contributed by atoms with E-state index in [1.807, 2.05) is 0 Å². The molecular weight excluding hydrogens is 179 g/mol. The number of esters is 1. The molecule has 0 aromatic heterocycles. The summed E-state index contributed by atoms with van der Waals surface area (Å²) in [6.45, 7) is 0. The van der Waals surface area contributed by atoms with Gasteiger partial charge in [-0.15, -0.1) is 0 Å². The van der Waals surface area contributed by atoms with E-state index in [9.17, 15) is 9.18 Å². The number of carbonyl (C=O) groups excluding carboxylic acids is 1. The van der Waals surface area contributed by atoms with E-state index in [-0.39, 0.29) is 0 Å². The molecule has 0 radical (unpaired) electrons. The predicted molar refractivity (Wildman–Crippen MR) is 42.8 cm³/mol. The van der Waals surface area contributed by atoms with E-state index < -0.39 is 11.5 Å². The Hall–Kier alpha value is -1.03. The zero-order valence-electron chi connectivity index (χ0n) is 5.99. The average Bonchev–Trinajstić information content (AvgIpc) is 2.07. The van der Waals surface area contributed by atoms with Gasteiger partial charge >= 0.3 is 5.97 Å². The van der Waals surface area contributed by atoms with Crippen molar-refractivity contribution in [3.05, 3.63) is 24.3 Å². The molecule has 12 heavy (non-hydrogen) atoms. The van der Waals surface area contributed by atoms with E-state index in [1.165, 1.54) is 0 Å². The standard InChI is InChI=1S/C8H5FO2S/c9-7-8(10)11-5-3-1-2-4-6(5)12-7/h1-4,7H. The molecule has 2 nitrogen and oxygen atoms in total. The molecule has 0 spiro atoms. The number of para-hydroxylation sites is 1. The zero-order valence-corrected chi connectivity index (χ0v) is 6.81. The van der Waals surface area contributed by atoms with Crippen LogP contribution in [0.15, 0.2) is 29.2 Å². The van der Waals surface area contributed by atoms with Crippen molar-refractivity contribution in [3.8, 4) is 5.75 Å². The van der Waals surface area contributed by atoms with Crippen molar-refractivity contribution in [2.45, 2.75) is 10.4 Å². The van der Waals surface area contributed by atoms with Crippen LogP contribution in [0.5, 0.6) is 5.75 Å². The Kier molecular flexibility index (Phi) is 1.77. The number of benzene rings is 1. The van der Waals surface area contributed by atoms with Gasteiger partial charge in [0.1, 0.15) is 5.75 Å². The van der Waals surface area contributed by atoms with Gasteiger partial charge in [0.15, 0.2) is 0 Å². The number of hydrogen-bond acceptors (Lipinski definition) is 3. The molecule has 0 saturated heterocycles. The van der Waals surface area contributed by atoms with Crippen molar-refractivity contribution >= 4 is 17.7 Å². The summed E-state index contributed by atoms with van der Waals surface area (Å²) in [6.07, 6.45) is 0. The van der Waals surface area contributed by atoms with Crippen molar-refractivity contribution in [3.63, 3.8) is 0 Å². The van der Waals surface area contributed by atoms with Gasteiger partial charge in [0, 0.05) is 0 Å². The lowest BCUT2D eigenvalue weighted by Gasteiger charge is -2.16. The molecule has 1 aliphatic heterocycles. The summed E-state index contributed by atoms with van der Waals surface area (Å²) in [5, 5.41) is 0. The topological polar surface area (TPSA) is 26.3 Å². The van der Waals surface area contributed by atoms with E-state index in [0.29, 0.717) is 10.6 Å². The molecule has 0 saturated carbocycles. The maximum Gasteiger partial charge on any atom is 0.357 e. The van der Waals surface area contributed by atoms with Gasteiger partial charge in [-0.25, -0.2) is 9.18 Å². The molecule has 0 amide bonds. The molecule has 1 aromatic rings. The second-order valence-electron chi connectivity index (χ2n) is 2.30. The van der Waals surface area contributed by atoms with Crippen molar-refractivity contribution < 1.29 is 13.9 Å². The predicted octanol–water partition coefficient (Wildman–Crippen LogP) is 1.99. The van der Waals surface area contributed by atoms with E-state index in [2.05, 4.69) is 0 Å². The summed E-state index contributed by atoms with van der Waals surface area (Å²) in [7, 11) is 0. The highest BCUT2D eigenvalue weighted by atomic mass is 32.2. The van der Waals surface area contributed by atoms with Gasteiger partial charge in [-0.05, 0) is 12.1 Å². The SMILES string of the molecule is O=C1Oc2ccccc2SC1F. The Morgan fingerprint density at radius 3 is 3.00 bits per heavy atom. The van der Waals surface area contributed by atoms with Crippen LogP contribution in [0.4, 0.5) is 4.39 Å². The maximum absolute atomic E-state index is 12.7. The first-order valence-corrected chi connectivity index (χ1v) is 4.27. The Morgan fingerprint density at radius 2 is 2.17 bits per heavy atom. The van der Waals surface area contributed by atoms with E-state index in [1.54, 1.807) is 24.3 Å². The molecule has 1 unspecified atom stereocenters. The summed E-state index contributed by atoms with van der Waals surface area (Å²) in [5.41, 5.74) is -1.58. The van der Waals surface area contributed by atoms with E-state index in [4.69, 9.17) is 4.74 Å². The minimum atomic E-state index is -1.58. The average molecular weight is 184 g/mol. The largest absolute Gasteiger partial charge is 0.423 e. The van der Waals surface area contributed by atoms with Gasteiger partial charge in [-0.3, -0.25) is 0 Å². The molecule has 4 heteroatoms. The van der Waals surface area contributed by atoms with Crippen LogP contribution in [0.1, 0.15) is 0 Å². The number of carbonyl (C=O) groups is 1. The minimum Gasteiger partial charge on any atom is -0.423 e. The number of thioether (sulfide) groups is 1. The second-order valence-corrected chi connectivity index (χ2v) is 3.39. The number of hydrogen-bond donors (Lipinski definition) is 0. The highest BCUT2D eigenvalue weighted by Crippen LogP contribution is 2.37. The third-order valence-electron chi connectivity index (χ3n) is 1.48. The Bertz CT molecular complexity index is 327. The van der Waals surface area contributed by atoms with Crippen LogP contribution >= 0.6 is 11.8 Å². The molecule has 0 N–H and O–H groups in total. The van der Waals surface area contributed by atoms with E-state index in [0.717, 1.165) is 11.8 Å². The van der Waals surface area contributed by atoms with Crippen molar-refractivity contribution in [2.75, 3.05) is 0 Å². The van der Waals surface area contributed by atoms with Crippen LogP contribution in [0.2, 0.25) is 0 Å². The van der Waals surface area contributed by atoms with Crippen LogP contribution in [0.3, 0.4) is 0 Å². The lowest BCUT2D eigenvalue weighted by Crippen LogP contribution is -2.22. The monoisotopic (exact) mass is 184 g/mol. The van der Waals surface area contributed by atoms with Crippen LogP contribution in [-0.4, -0.2) is 11.5 Å². The van der Waals surface area contributed by atoms with Crippen LogP contribution in [-0.2, 0) is 4.79 Å². The minimum absolute atomic E-state index is 0.446. The summed E-state index contributed by atoms with van der Waals surface area (Å²) < 4.78 is 17.5. The number of halogens is 1. The van der Waals surface area contributed by atoms with Gasteiger partial charge in [-0.1, -0.05) is 23.9 Å². The fourth-order valence-electron chi connectivity index (χ4n) is 0.946. The molecule has 0 aliphatic carbocycles. The summed E-state index contributed by atoms with van der Waals surface area (Å²) in [6, 6.07) is 6.88. The smallest absolute Gasteiger partial charge is 0.357 e. The zero-order chi connectivity index (χ0) is 8.55. The van der Waals surface area contributed by atoms with Crippen molar-refractivity contribution in [1.82, 2.24) is 0 Å². The van der Waals surface area contributed by atoms with Crippen LogP contribution < -0.4 is 4.74 Å². The number of rotatable bonds is 0. The first kappa shape index (κ1) is 7.61. The molecule has 62 valence electrons. The van der Waals surface area contributed by atoms with Gasteiger partial charge in [-0.2, -0.15) is 0 Å². The van der Waals surface area contributed by atoms with Gasteiger partial charge in [0.05, 0.1) is 4.90 Å². The maximum atomic E-state index is 12.7. The van der Waals surface area contributed by atoms with Crippen LogP contribution in [0.25, 0.3) is 0 Å². The quantitative estimate of drug-likeness (QED) is 0.455. The molecule has 0 bridgehead atoms. The van der Waals surface area contributed by atoms with Gasteiger partial charge < -0.3 is 4.74 Å². The normalized spacial score (nSPS) is 21.4. The van der Waals surface area contributed by atoms with Gasteiger partial charge in [0.2, 0.25) is 5.50 Å². The first-order valence-electron chi connectivity index (χ1n) is 3.39. The van der Waals surface area contributed by atoms with Crippen molar-refractivity contribution in [1.29, 1.82) is 0 Å². The number of ether oxygens (including phenoxy) is 1. The summed E-state index contributed by atoms with van der Waals surface area (Å²) >= 11 is 0.879. The summed E-state index contributed by atoms with van der Waals surface area (Å²) in [5.74, 6) is -0.375. The third kappa shape index (κ3) is 1.18. The Labute approximate surface area is 72.7 Å². The summed E-state index contributed by atoms with van der Waals surface area (Å²) in [4.78, 5) is 11.4. The molecule has 0 fully saturated rings. The molecule has 2 rings (SSSR count). The fourth-order valence-corrected chi connectivity index (χ4v) is 1.70. The highest BCUT2D eigenvalue weighted by Gasteiger charge is 2.28. The molecule has 1 aromatic carbocycles. The first-order chi connectivity index (χ1) is 5.77.